The molecule has 1 atom stereocenters. The van der Waals surface area contributed by atoms with E-state index in [1.807, 2.05) is 13.0 Å². The minimum atomic E-state index is 0.0690. The summed E-state index contributed by atoms with van der Waals surface area (Å²) >= 11 is 0. The summed E-state index contributed by atoms with van der Waals surface area (Å²) in [5.74, 6) is 2.02. The van der Waals surface area contributed by atoms with Crippen LogP contribution in [0.2, 0.25) is 0 Å². The fourth-order valence-electron chi connectivity index (χ4n) is 1.95. The van der Waals surface area contributed by atoms with Crippen LogP contribution >= 0.6 is 0 Å². The SMILES string of the molecule is Cc1cc(NC(CCO)C(C)(C)C)nc(C(C)C)n1. The summed E-state index contributed by atoms with van der Waals surface area (Å²) in [7, 11) is 0. The van der Waals surface area contributed by atoms with Crippen LogP contribution in [0.5, 0.6) is 0 Å². The number of anilines is 1. The van der Waals surface area contributed by atoms with Gasteiger partial charge >= 0.3 is 0 Å². The smallest absolute Gasteiger partial charge is 0.133 e. The van der Waals surface area contributed by atoms with Gasteiger partial charge in [-0.1, -0.05) is 34.6 Å². The molecule has 1 aromatic heterocycles. The first kappa shape index (κ1) is 15.9. The van der Waals surface area contributed by atoms with Crippen LogP contribution in [0.4, 0.5) is 5.82 Å². The van der Waals surface area contributed by atoms with Gasteiger partial charge < -0.3 is 10.4 Å². The van der Waals surface area contributed by atoms with Crippen LogP contribution in [0.25, 0.3) is 0 Å². The normalized spacial score (nSPS) is 13.7. The minimum Gasteiger partial charge on any atom is -0.396 e. The summed E-state index contributed by atoms with van der Waals surface area (Å²) in [5.41, 5.74) is 1.04. The molecule has 0 saturated heterocycles. The number of rotatable bonds is 5. The predicted octanol–water partition coefficient (Wildman–Crippen LogP) is 3.12. The molecule has 0 aliphatic carbocycles. The Hall–Kier alpha value is -1.16. The van der Waals surface area contributed by atoms with Crippen molar-refractivity contribution >= 4 is 5.82 Å². The summed E-state index contributed by atoms with van der Waals surface area (Å²) in [6.45, 7) is 12.8. The van der Waals surface area contributed by atoms with E-state index in [-0.39, 0.29) is 18.1 Å². The number of hydrogen-bond donors (Lipinski definition) is 2. The molecule has 19 heavy (non-hydrogen) atoms. The van der Waals surface area contributed by atoms with Crippen molar-refractivity contribution in [1.82, 2.24) is 9.97 Å². The van der Waals surface area contributed by atoms with Gasteiger partial charge in [-0.15, -0.1) is 0 Å². The van der Waals surface area contributed by atoms with Gasteiger partial charge in [-0.25, -0.2) is 9.97 Å². The molecule has 2 N–H and O–H groups in total. The van der Waals surface area contributed by atoms with Gasteiger partial charge in [-0.05, 0) is 18.8 Å². The second kappa shape index (κ2) is 6.33. The third-order valence-electron chi connectivity index (χ3n) is 3.17. The first-order valence-electron chi connectivity index (χ1n) is 6.97. The number of aliphatic hydroxyl groups excluding tert-OH is 1. The highest BCUT2D eigenvalue weighted by atomic mass is 16.3. The molecule has 1 rings (SSSR count). The third kappa shape index (κ3) is 4.78. The lowest BCUT2D eigenvalue weighted by atomic mass is 9.85. The molecule has 0 saturated carbocycles. The number of nitrogens with one attached hydrogen (secondary N) is 1. The molecule has 0 bridgehead atoms. The maximum Gasteiger partial charge on any atom is 0.133 e. The molecule has 1 unspecified atom stereocenters. The molecule has 0 aromatic carbocycles. The molecular weight excluding hydrogens is 238 g/mol. The molecule has 1 heterocycles. The van der Waals surface area contributed by atoms with Crippen LogP contribution in [0.15, 0.2) is 6.07 Å². The van der Waals surface area contributed by atoms with E-state index < -0.39 is 0 Å². The standard InChI is InChI=1S/C15H27N3O/c1-10(2)14-16-11(3)9-13(18-14)17-12(7-8-19)15(4,5)6/h9-10,12,19H,7-8H2,1-6H3,(H,16,17,18). The van der Waals surface area contributed by atoms with Crippen molar-refractivity contribution in [3.63, 3.8) is 0 Å². The molecule has 0 radical (unpaired) electrons. The highest BCUT2D eigenvalue weighted by molar-refractivity contribution is 5.38. The number of aryl methyl sites for hydroxylation is 1. The van der Waals surface area contributed by atoms with E-state index in [0.717, 1.165) is 17.3 Å². The third-order valence-corrected chi connectivity index (χ3v) is 3.17. The van der Waals surface area contributed by atoms with Crippen molar-refractivity contribution in [3.05, 3.63) is 17.6 Å². The lowest BCUT2D eigenvalue weighted by Gasteiger charge is -2.31. The summed E-state index contributed by atoms with van der Waals surface area (Å²) in [5, 5.41) is 12.6. The summed E-state index contributed by atoms with van der Waals surface area (Å²) in [6, 6.07) is 2.15. The Balaban J connectivity index is 2.96. The average molecular weight is 265 g/mol. The Kier molecular flexibility index (Phi) is 5.29. The van der Waals surface area contributed by atoms with Crippen molar-refractivity contribution in [2.24, 2.45) is 5.41 Å². The molecule has 108 valence electrons. The lowest BCUT2D eigenvalue weighted by Crippen LogP contribution is -2.35. The van der Waals surface area contributed by atoms with Gasteiger partial charge in [0.05, 0.1) is 0 Å². The summed E-state index contributed by atoms with van der Waals surface area (Å²) < 4.78 is 0. The van der Waals surface area contributed by atoms with Crippen LogP contribution < -0.4 is 5.32 Å². The molecule has 1 aromatic rings. The van der Waals surface area contributed by atoms with E-state index in [1.165, 1.54) is 0 Å². The van der Waals surface area contributed by atoms with E-state index in [1.54, 1.807) is 0 Å². The van der Waals surface area contributed by atoms with Crippen molar-refractivity contribution in [1.29, 1.82) is 0 Å². The maximum atomic E-state index is 9.20. The number of aliphatic hydroxyl groups is 1. The quantitative estimate of drug-likeness (QED) is 0.859. The molecule has 0 amide bonds. The van der Waals surface area contributed by atoms with Gasteiger partial charge in [0.15, 0.2) is 0 Å². The van der Waals surface area contributed by atoms with Gasteiger partial charge in [0.1, 0.15) is 11.6 Å². The Labute approximate surface area is 116 Å². The van der Waals surface area contributed by atoms with Crippen LogP contribution in [0, 0.1) is 12.3 Å². The van der Waals surface area contributed by atoms with Crippen molar-refractivity contribution in [3.8, 4) is 0 Å². The van der Waals surface area contributed by atoms with E-state index in [0.29, 0.717) is 12.3 Å². The molecule has 4 heteroatoms. The fourth-order valence-corrected chi connectivity index (χ4v) is 1.95. The van der Waals surface area contributed by atoms with Gasteiger partial charge in [-0.2, -0.15) is 0 Å². The second-order valence-corrected chi connectivity index (χ2v) is 6.48. The monoisotopic (exact) mass is 265 g/mol. The Morgan fingerprint density at radius 1 is 1.26 bits per heavy atom. The predicted molar refractivity (Wildman–Crippen MR) is 79.4 cm³/mol. The van der Waals surface area contributed by atoms with E-state index >= 15 is 0 Å². The molecular formula is C15H27N3O. The van der Waals surface area contributed by atoms with E-state index in [2.05, 4.69) is 49.9 Å². The largest absolute Gasteiger partial charge is 0.396 e. The highest BCUT2D eigenvalue weighted by Gasteiger charge is 2.24. The lowest BCUT2D eigenvalue weighted by molar-refractivity contribution is 0.235. The minimum absolute atomic E-state index is 0.0690. The Morgan fingerprint density at radius 3 is 2.37 bits per heavy atom. The zero-order valence-corrected chi connectivity index (χ0v) is 13.0. The van der Waals surface area contributed by atoms with Crippen molar-refractivity contribution in [2.45, 2.75) is 59.9 Å². The Bertz CT molecular complexity index is 410. The van der Waals surface area contributed by atoms with Crippen molar-refractivity contribution in [2.75, 3.05) is 11.9 Å². The summed E-state index contributed by atoms with van der Waals surface area (Å²) in [4.78, 5) is 9.01. The molecule has 0 fully saturated rings. The molecule has 0 aliphatic rings. The molecule has 4 nitrogen and oxygen atoms in total. The van der Waals surface area contributed by atoms with Crippen LogP contribution in [0.3, 0.4) is 0 Å². The van der Waals surface area contributed by atoms with E-state index in [9.17, 15) is 5.11 Å². The maximum absolute atomic E-state index is 9.20. The van der Waals surface area contributed by atoms with Gasteiger partial charge in [-0.3, -0.25) is 0 Å². The zero-order chi connectivity index (χ0) is 14.6. The Morgan fingerprint density at radius 2 is 1.89 bits per heavy atom. The number of aromatic nitrogens is 2. The molecule has 0 aliphatic heterocycles. The first-order valence-corrected chi connectivity index (χ1v) is 6.97. The average Bonchev–Trinajstić information content (AvgIpc) is 2.26. The van der Waals surface area contributed by atoms with E-state index in [4.69, 9.17) is 0 Å². The number of hydrogen-bond acceptors (Lipinski definition) is 4. The highest BCUT2D eigenvalue weighted by Crippen LogP contribution is 2.25. The van der Waals surface area contributed by atoms with Crippen LogP contribution in [-0.4, -0.2) is 27.7 Å². The second-order valence-electron chi connectivity index (χ2n) is 6.48. The van der Waals surface area contributed by atoms with Crippen LogP contribution in [0.1, 0.15) is 58.5 Å². The zero-order valence-electron chi connectivity index (χ0n) is 13.0. The fraction of sp³-hybridized carbons (Fsp3) is 0.733. The van der Waals surface area contributed by atoms with Crippen molar-refractivity contribution < 1.29 is 5.11 Å². The van der Waals surface area contributed by atoms with Gasteiger partial charge in [0, 0.05) is 30.3 Å². The first-order chi connectivity index (χ1) is 8.74. The topological polar surface area (TPSA) is 58.0 Å². The summed E-state index contributed by atoms with van der Waals surface area (Å²) in [6.07, 6.45) is 0.712. The molecule has 0 spiro atoms. The van der Waals surface area contributed by atoms with Gasteiger partial charge in [0.25, 0.3) is 0 Å². The van der Waals surface area contributed by atoms with Gasteiger partial charge in [0.2, 0.25) is 0 Å². The van der Waals surface area contributed by atoms with Crippen LogP contribution in [-0.2, 0) is 0 Å². The number of nitrogens with zero attached hydrogens (tertiary/aromatic N) is 2.